The van der Waals surface area contributed by atoms with E-state index >= 15 is 0 Å². The summed E-state index contributed by atoms with van der Waals surface area (Å²) >= 11 is 7.51. The quantitative estimate of drug-likeness (QED) is 0.475. The van der Waals surface area contributed by atoms with E-state index in [9.17, 15) is 13.2 Å². The fourth-order valence-electron chi connectivity index (χ4n) is 3.66. The van der Waals surface area contributed by atoms with Crippen molar-refractivity contribution < 1.29 is 13.2 Å². The SMILES string of the molecule is Cc1c(Cl)c(C(F)(F)F)nn1Cc1nc2c3c4c(sc3ncn2n1)CCCC4. The molecule has 0 aliphatic heterocycles. The number of halogens is 4. The van der Waals surface area contributed by atoms with E-state index in [1.54, 1.807) is 22.2 Å². The Morgan fingerprint density at radius 3 is 2.75 bits per heavy atom. The Hall–Kier alpha value is -2.20. The Morgan fingerprint density at radius 2 is 2.00 bits per heavy atom. The van der Waals surface area contributed by atoms with E-state index in [2.05, 4.69) is 20.2 Å². The van der Waals surface area contributed by atoms with Crippen molar-refractivity contribution in [2.75, 3.05) is 0 Å². The lowest BCUT2D eigenvalue weighted by molar-refractivity contribution is -0.141. The molecule has 28 heavy (non-hydrogen) atoms. The molecule has 0 radical (unpaired) electrons. The van der Waals surface area contributed by atoms with Gasteiger partial charge in [0.25, 0.3) is 0 Å². The molecule has 0 unspecified atom stereocenters. The van der Waals surface area contributed by atoms with Gasteiger partial charge in [0.05, 0.1) is 16.1 Å². The summed E-state index contributed by atoms with van der Waals surface area (Å²) < 4.78 is 41.9. The molecule has 4 aromatic heterocycles. The summed E-state index contributed by atoms with van der Waals surface area (Å²) in [5.74, 6) is 0.362. The molecule has 11 heteroatoms. The van der Waals surface area contributed by atoms with Crippen molar-refractivity contribution in [3.05, 3.63) is 39.0 Å². The van der Waals surface area contributed by atoms with Crippen molar-refractivity contribution in [2.24, 2.45) is 0 Å². The second-order valence-electron chi connectivity index (χ2n) is 6.84. The summed E-state index contributed by atoms with van der Waals surface area (Å²) in [6.45, 7) is 1.49. The summed E-state index contributed by atoms with van der Waals surface area (Å²) in [5, 5.41) is 8.63. The molecule has 0 saturated heterocycles. The second-order valence-corrected chi connectivity index (χ2v) is 8.30. The van der Waals surface area contributed by atoms with Crippen LogP contribution in [0, 0.1) is 6.92 Å². The lowest BCUT2D eigenvalue weighted by atomic mass is 9.97. The van der Waals surface area contributed by atoms with Crippen LogP contribution in [0.5, 0.6) is 0 Å². The maximum Gasteiger partial charge on any atom is 0.436 e. The number of rotatable bonds is 2. The number of thiophene rings is 1. The first-order chi connectivity index (χ1) is 13.3. The van der Waals surface area contributed by atoms with Crippen molar-refractivity contribution in [2.45, 2.75) is 45.3 Å². The molecule has 0 N–H and O–H groups in total. The highest BCUT2D eigenvalue weighted by atomic mass is 35.5. The van der Waals surface area contributed by atoms with Crippen LogP contribution >= 0.6 is 22.9 Å². The molecule has 4 aromatic rings. The van der Waals surface area contributed by atoms with E-state index in [4.69, 9.17) is 11.6 Å². The van der Waals surface area contributed by atoms with Gasteiger partial charge in [-0.3, -0.25) is 4.68 Å². The van der Waals surface area contributed by atoms with Crippen LogP contribution in [-0.2, 0) is 25.6 Å². The van der Waals surface area contributed by atoms with Gasteiger partial charge in [0, 0.05) is 4.88 Å². The number of hydrogen-bond acceptors (Lipinski definition) is 5. The van der Waals surface area contributed by atoms with E-state index < -0.39 is 16.9 Å². The zero-order valence-electron chi connectivity index (χ0n) is 14.7. The molecule has 4 heterocycles. The third-order valence-electron chi connectivity index (χ3n) is 5.03. The molecule has 0 saturated carbocycles. The minimum Gasteiger partial charge on any atom is -0.260 e. The molecular formula is C17H14ClF3N6S. The maximum atomic E-state index is 13.0. The van der Waals surface area contributed by atoms with Gasteiger partial charge < -0.3 is 0 Å². The number of alkyl halides is 3. The smallest absolute Gasteiger partial charge is 0.260 e. The van der Waals surface area contributed by atoms with E-state index in [-0.39, 0.29) is 12.2 Å². The lowest BCUT2D eigenvalue weighted by Gasteiger charge is -2.09. The molecule has 146 valence electrons. The fraction of sp³-hybridized carbons (Fsp3) is 0.412. The van der Waals surface area contributed by atoms with Crippen LogP contribution in [0.4, 0.5) is 13.2 Å². The van der Waals surface area contributed by atoms with Gasteiger partial charge >= 0.3 is 6.18 Å². The first-order valence-corrected chi connectivity index (χ1v) is 9.97. The standard InChI is InChI=1S/C17H14ClF3N6S/c1-8-13(18)14(17(19,20)21)25-26(8)6-11-23-15-12-9-4-2-3-5-10(9)28-16(12)22-7-27(15)24-11/h7H,2-6H2,1H3. The van der Waals surface area contributed by atoms with Crippen LogP contribution in [0.3, 0.4) is 0 Å². The lowest BCUT2D eigenvalue weighted by Crippen LogP contribution is -2.10. The van der Waals surface area contributed by atoms with Crippen LogP contribution in [0.25, 0.3) is 15.9 Å². The van der Waals surface area contributed by atoms with Gasteiger partial charge in [-0.25, -0.2) is 14.5 Å². The topological polar surface area (TPSA) is 60.9 Å². The van der Waals surface area contributed by atoms with Crippen LogP contribution < -0.4 is 0 Å². The zero-order valence-corrected chi connectivity index (χ0v) is 16.3. The maximum absolute atomic E-state index is 13.0. The molecule has 0 bridgehead atoms. The van der Waals surface area contributed by atoms with E-state index in [1.165, 1.54) is 28.5 Å². The first-order valence-electron chi connectivity index (χ1n) is 8.77. The Labute approximate surface area is 166 Å². The van der Waals surface area contributed by atoms with Crippen LogP contribution in [0.15, 0.2) is 6.33 Å². The minimum atomic E-state index is -4.61. The van der Waals surface area contributed by atoms with Crippen molar-refractivity contribution in [3.63, 3.8) is 0 Å². The fourth-order valence-corrected chi connectivity index (χ4v) is 5.12. The highest BCUT2D eigenvalue weighted by Crippen LogP contribution is 2.37. The minimum absolute atomic E-state index is 0.00284. The van der Waals surface area contributed by atoms with Gasteiger partial charge in [0.15, 0.2) is 17.2 Å². The summed E-state index contributed by atoms with van der Waals surface area (Å²) in [4.78, 5) is 11.4. The van der Waals surface area contributed by atoms with E-state index in [0.717, 1.165) is 29.5 Å². The monoisotopic (exact) mass is 426 g/mol. The van der Waals surface area contributed by atoms with Crippen LogP contribution in [0.1, 0.15) is 40.5 Å². The molecule has 5 rings (SSSR count). The van der Waals surface area contributed by atoms with Gasteiger partial charge in [-0.15, -0.1) is 16.4 Å². The highest BCUT2D eigenvalue weighted by Gasteiger charge is 2.38. The van der Waals surface area contributed by atoms with Crippen molar-refractivity contribution in [3.8, 4) is 0 Å². The predicted octanol–water partition coefficient (Wildman–Crippen LogP) is 4.44. The number of aromatic nitrogens is 6. The number of nitrogens with zero attached hydrogens (tertiary/aromatic N) is 6. The molecule has 0 atom stereocenters. The number of fused-ring (bicyclic) bond motifs is 5. The number of hydrogen-bond donors (Lipinski definition) is 0. The third-order valence-corrected chi connectivity index (χ3v) is 6.68. The van der Waals surface area contributed by atoms with Gasteiger partial charge in [-0.05, 0) is 38.2 Å². The third kappa shape index (κ3) is 2.69. The largest absolute Gasteiger partial charge is 0.436 e. The van der Waals surface area contributed by atoms with Gasteiger partial charge in [-0.2, -0.15) is 18.3 Å². The molecule has 6 nitrogen and oxygen atoms in total. The zero-order chi connectivity index (χ0) is 19.6. The van der Waals surface area contributed by atoms with Gasteiger partial charge in [-0.1, -0.05) is 11.6 Å². The van der Waals surface area contributed by atoms with Gasteiger partial charge in [0.2, 0.25) is 0 Å². The highest BCUT2D eigenvalue weighted by molar-refractivity contribution is 7.19. The van der Waals surface area contributed by atoms with Crippen LogP contribution in [-0.4, -0.2) is 29.4 Å². The molecular weight excluding hydrogens is 413 g/mol. The molecule has 1 aliphatic carbocycles. The van der Waals surface area contributed by atoms with Gasteiger partial charge in [0.1, 0.15) is 17.7 Å². The molecule has 0 amide bonds. The summed E-state index contributed by atoms with van der Waals surface area (Å²) in [5.41, 5.74) is 1.10. The number of aryl methyl sites for hydroxylation is 2. The summed E-state index contributed by atoms with van der Waals surface area (Å²) in [7, 11) is 0. The summed E-state index contributed by atoms with van der Waals surface area (Å²) in [6, 6.07) is 0. The normalized spacial score (nSPS) is 14.9. The van der Waals surface area contributed by atoms with E-state index in [1.807, 2.05) is 0 Å². The van der Waals surface area contributed by atoms with Crippen molar-refractivity contribution >= 4 is 38.8 Å². The predicted molar refractivity (Wildman–Crippen MR) is 98.9 cm³/mol. The summed E-state index contributed by atoms with van der Waals surface area (Å²) in [6.07, 6.45) is 1.34. The molecule has 0 fully saturated rings. The van der Waals surface area contributed by atoms with E-state index in [0.29, 0.717) is 11.5 Å². The Balaban J connectivity index is 1.60. The molecule has 1 aliphatic rings. The Kier molecular flexibility index (Phi) is 3.92. The first kappa shape index (κ1) is 17.9. The average Bonchev–Trinajstić information content (AvgIpc) is 3.30. The van der Waals surface area contributed by atoms with Crippen LogP contribution in [0.2, 0.25) is 5.02 Å². The molecule has 0 spiro atoms. The Morgan fingerprint density at radius 1 is 1.21 bits per heavy atom. The van der Waals surface area contributed by atoms with Crippen molar-refractivity contribution in [1.29, 1.82) is 0 Å². The Bertz CT molecular complexity index is 1220. The molecule has 0 aromatic carbocycles. The second kappa shape index (κ2) is 6.15. The average molecular weight is 427 g/mol. The van der Waals surface area contributed by atoms with Crippen molar-refractivity contribution in [1.82, 2.24) is 29.4 Å².